The molecule has 4 rings (SSSR count). The van der Waals surface area contributed by atoms with Gasteiger partial charge in [0, 0.05) is 25.3 Å². The summed E-state index contributed by atoms with van der Waals surface area (Å²) in [5, 5.41) is 23.4. The first-order chi connectivity index (χ1) is 15.7. The van der Waals surface area contributed by atoms with Crippen LogP contribution in [0.4, 0.5) is 16.1 Å². The Bertz CT molecular complexity index is 1090. The Labute approximate surface area is 200 Å². The molecule has 1 saturated heterocycles. The minimum Gasteiger partial charge on any atom is -0.389 e. The lowest BCUT2D eigenvalue weighted by Crippen LogP contribution is -2.51. The summed E-state index contributed by atoms with van der Waals surface area (Å²) in [5.41, 5.74) is -0.406. The van der Waals surface area contributed by atoms with E-state index >= 15 is 0 Å². The van der Waals surface area contributed by atoms with Gasteiger partial charge in [0.2, 0.25) is 10.3 Å². The number of amides is 1. The average Bonchev–Trinajstić information content (AvgIpc) is 3.43. The summed E-state index contributed by atoms with van der Waals surface area (Å²) >= 11 is 1.31. The number of hydrogen-bond acceptors (Lipinski definition) is 9. The number of carbonyl (C=O) groups excluding carboxylic acids is 1. The van der Waals surface area contributed by atoms with Crippen molar-refractivity contribution in [2.75, 3.05) is 28.6 Å². The Morgan fingerprint density at radius 1 is 1.06 bits per heavy atom. The quantitative estimate of drug-likeness (QED) is 0.373. The van der Waals surface area contributed by atoms with Gasteiger partial charge in [-0.2, -0.15) is 5.10 Å². The number of hydrogen-bond donors (Lipinski definition) is 2. The van der Waals surface area contributed by atoms with Gasteiger partial charge in [-0.05, 0) is 29.4 Å². The van der Waals surface area contributed by atoms with E-state index in [1.807, 2.05) is 66.0 Å². The first-order valence-electron chi connectivity index (χ1n) is 10.9. The fourth-order valence-corrected chi connectivity index (χ4v) is 4.59. The van der Waals surface area contributed by atoms with Gasteiger partial charge in [0.25, 0.3) is 5.91 Å². The second-order valence-corrected chi connectivity index (χ2v) is 10.1. The van der Waals surface area contributed by atoms with Crippen LogP contribution >= 0.6 is 11.3 Å². The number of nitrogens with one attached hydrogen (secondary N) is 2. The van der Waals surface area contributed by atoms with Crippen molar-refractivity contribution in [3.8, 4) is 0 Å². The molecule has 1 aliphatic heterocycles. The molecule has 0 bridgehead atoms. The van der Waals surface area contributed by atoms with E-state index in [9.17, 15) is 4.79 Å². The van der Waals surface area contributed by atoms with Crippen molar-refractivity contribution in [2.24, 2.45) is 0 Å². The molecule has 0 spiro atoms. The maximum atomic E-state index is 13.3. The number of nitrogens with zero attached hydrogens (tertiary/aromatic N) is 5. The smallest absolute Gasteiger partial charge is 0.253 e. The van der Waals surface area contributed by atoms with Crippen molar-refractivity contribution < 1.29 is 9.53 Å². The van der Waals surface area contributed by atoms with E-state index < -0.39 is 10.8 Å². The van der Waals surface area contributed by atoms with Crippen LogP contribution in [0.15, 0.2) is 48.7 Å². The summed E-state index contributed by atoms with van der Waals surface area (Å²) in [7, 11) is 7.57. The van der Waals surface area contributed by atoms with Crippen molar-refractivity contribution in [2.45, 2.75) is 23.3 Å². The third-order valence-corrected chi connectivity index (χ3v) is 6.08. The van der Waals surface area contributed by atoms with Gasteiger partial charge in [-0.25, -0.2) is 0 Å². The monoisotopic (exact) mass is 459 g/mol. The Hall–Kier alpha value is -2.85. The highest BCUT2D eigenvalue weighted by atomic mass is 32.1. The number of carbonyl (C=O) groups is 1. The molecule has 0 unspecified atom stereocenters. The predicted octanol–water partition coefficient (Wildman–Crippen LogP) is -2.03. The maximum Gasteiger partial charge on any atom is 0.253 e. The predicted molar refractivity (Wildman–Crippen MR) is 141 cm³/mol. The maximum absolute atomic E-state index is 13.3. The lowest BCUT2D eigenvalue weighted by atomic mass is 9.51. The number of ether oxygens (including phenoxy) is 1. The van der Waals surface area contributed by atoms with Gasteiger partial charge >= 0.3 is 0 Å². The van der Waals surface area contributed by atoms with E-state index in [4.69, 9.17) is 4.74 Å². The summed E-state index contributed by atoms with van der Waals surface area (Å²) in [6, 6.07) is 13.5. The third-order valence-electron chi connectivity index (χ3n) is 5.31. The van der Waals surface area contributed by atoms with Crippen LogP contribution in [0.25, 0.3) is 0 Å². The number of rotatable bonds is 8. The summed E-state index contributed by atoms with van der Waals surface area (Å²) in [4.78, 5) is 15.5. The van der Waals surface area contributed by atoms with Crippen LogP contribution in [0, 0.1) is 0 Å². The zero-order chi connectivity index (χ0) is 23.5. The molecule has 33 heavy (non-hydrogen) atoms. The van der Waals surface area contributed by atoms with Gasteiger partial charge in [0.05, 0.1) is 0 Å². The molecule has 14 heteroatoms. The average molecular weight is 459 g/mol. The molecule has 1 amide bonds. The molecule has 166 valence electrons. The van der Waals surface area contributed by atoms with Gasteiger partial charge in [-0.3, -0.25) is 10.1 Å². The molecule has 3 aromatic rings. The van der Waals surface area contributed by atoms with Crippen molar-refractivity contribution in [3.05, 3.63) is 54.2 Å². The SMILES string of the molecule is BC(B)(B)O[C@](B)(C(=O)Nc1nnc(N[C@@H]2CCN(c3cccnn3)C2)s1)c1ccccc1. The van der Waals surface area contributed by atoms with Crippen LogP contribution < -0.4 is 15.5 Å². The van der Waals surface area contributed by atoms with Crippen molar-refractivity contribution in [1.82, 2.24) is 20.4 Å². The molecule has 1 fully saturated rings. The topological polar surface area (TPSA) is 105 Å². The molecule has 2 aromatic heterocycles. The van der Waals surface area contributed by atoms with Gasteiger partial charge in [0.15, 0.2) is 13.7 Å². The number of benzene rings is 1. The second kappa shape index (κ2) is 9.56. The number of anilines is 3. The Balaban J connectivity index is 1.41. The normalized spacial score (nSPS) is 17.9. The highest BCUT2D eigenvalue weighted by molar-refractivity contribution is 7.19. The molecule has 1 aromatic carbocycles. The van der Waals surface area contributed by atoms with E-state index in [2.05, 4.69) is 35.9 Å². The first-order valence-corrected chi connectivity index (χ1v) is 11.7. The summed E-state index contributed by atoms with van der Waals surface area (Å²) in [5.74, 6) is 0.576. The van der Waals surface area contributed by atoms with E-state index in [1.54, 1.807) is 14.0 Å². The standard InChI is InChI=1S/C19H25B4N7O2S/c20-18(32-19(21,22)23,12-5-2-1-3-6-12)15(31)26-17-29-28-16(33-17)25-13-8-10-30(11-13)14-7-4-9-24-27-14/h1-7,9,13H,8,10-11,20-23H2,(H,25,28)(H,26,29,31)/t13-,18+/m1/s1. The molecule has 9 nitrogen and oxygen atoms in total. The molecule has 2 N–H and O–H groups in total. The second-order valence-electron chi connectivity index (χ2n) is 9.14. The molecule has 3 heterocycles. The Kier molecular flexibility index (Phi) is 6.75. The van der Waals surface area contributed by atoms with E-state index in [1.165, 1.54) is 11.3 Å². The number of aromatic nitrogens is 4. The van der Waals surface area contributed by atoms with Gasteiger partial charge in [-0.15, -0.1) is 15.3 Å². The van der Waals surface area contributed by atoms with Crippen LogP contribution in [-0.2, 0) is 15.0 Å². The molecular weight excluding hydrogens is 434 g/mol. The summed E-state index contributed by atoms with van der Waals surface area (Å²) in [6.45, 7) is 1.68. The van der Waals surface area contributed by atoms with Crippen LogP contribution in [0.3, 0.4) is 0 Å². The summed E-state index contributed by atoms with van der Waals surface area (Å²) in [6.07, 6.45) is 2.62. The fraction of sp³-hybridized carbons (Fsp3) is 0.316. The molecule has 0 saturated carbocycles. The Morgan fingerprint density at radius 3 is 2.52 bits per heavy atom. The van der Waals surface area contributed by atoms with Gasteiger partial charge in [-0.1, -0.05) is 41.7 Å². The summed E-state index contributed by atoms with van der Waals surface area (Å²) < 4.78 is 6.23. The molecule has 2 atom stereocenters. The van der Waals surface area contributed by atoms with Crippen LogP contribution in [0.5, 0.6) is 0 Å². The zero-order valence-corrected chi connectivity index (χ0v) is 20.1. The lowest BCUT2D eigenvalue weighted by Gasteiger charge is -2.36. The van der Waals surface area contributed by atoms with Crippen molar-refractivity contribution in [3.63, 3.8) is 0 Å². The van der Waals surface area contributed by atoms with E-state index in [0.29, 0.717) is 10.3 Å². The van der Waals surface area contributed by atoms with Crippen molar-refractivity contribution >= 4 is 64.7 Å². The largest absolute Gasteiger partial charge is 0.389 e. The lowest BCUT2D eigenvalue weighted by molar-refractivity contribution is -0.133. The van der Waals surface area contributed by atoms with E-state index in [0.717, 1.165) is 30.9 Å². The van der Waals surface area contributed by atoms with Crippen molar-refractivity contribution in [1.29, 1.82) is 0 Å². The highest BCUT2D eigenvalue weighted by Crippen LogP contribution is 2.29. The van der Waals surface area contributed by atoms with Crippen LogP contribution in [-0.4, -0.2) is 82.1 Å². The third kappa shape index (κ3) is 5.75. The molecule has 0 radical (unpaired) electrons. The minimum absolute atomic E-state index is 0.210. The highest BCUT2D eigenvalue weighted by Gasteiger charge is 2.40. The van der Waals surface area contributed by atoms with Crippen LogP contribution in [0.1, 0.15) is 12.0 Å². The molecular formula is C19H25B4N7O2S. The zero-order valence-electron chi connectivity index (χ0n) is 19.3. The molecule has 0 aliphatic carbocycles. The molecule has 1 aliphatic rings. The Morgan fingerprint density at radius 2 is 1.82 bits per heavy atom. The fourth-order valence-electron chi connectivity index (χ4n) is 3.88. The van der Waals surface area contributed by atoms with Gasteiger partial charge in [0.1, 0.15) is 29.0 Å². The van der Waals surface area contributed by atoms with E-state index in [-0.39, 0.29) is 11.9 Å². The minimum atomic E-state index is -1.18. The van der Waals surface area contributed by atoms with Gasteiger partial charge < -0.3 is 15.0 Å². The van der Waals surface area contributed by atoms with Crippen LogP contribution in [0.2, 0.25) is 0 Å². The first kappa shape index (κ1) is 23.3.